The van der Waals surface area contributed by atoms with Gasteiger partial charge >= 0.3 is 0 Å². The summed E-state index contributed by atoms with van der Waals surface area (Å²) in [5.41, 5.74) is 3.17. The Labute approximate surface area is 176 Å². The van der Waals surface area contributed by atoms with Gasteiger partial charge in [0.2, 0.25) is 0 Å². The van der Waals surface area contributed by atoms with Gasteiger partial charge in [0, 0.05) is 5.56 Å². The zero-order valence-electron chi connectivity index (χ0n) is 16.5. The monoisotopic (exact) mass is 394 g/mol. The number of benzene rings is 4. The summed E-state index contributed by atoms with van der Waals surface area (Å²) in [7, 11) is 0. The summed E-state index contributed by atoms with van der Waals surface area (Å²) >= 11 is 0. The topological polar surface area (TPSA) is 35.5 Å². The Hall–Kier alpha value is -3.85. The molecule has 4 aromatic carbocycles. The first kappa shape index (κ1) is 19.5. The smallest absolute Gasteiger partial charge is 0.196 e. The number of hydrogen-bond donors (Lipinski definition) is 0. The number of ether oxygens (including phenoxy) is 2. The predicted octanol–water partition coefficient (Wildman–Crippen LogP) is 6.08. The van der Waals surface area contributed by atoms with Crippen LogP contribution in [0.3, 0.4) is 0 Å². The van der Waals surface area contributed by atoms with Gasteiger partial charge in [0.25, 0.3) is 0 Å². The van der Waals surface area contributed by atoms with Crippen molar-refractivity contribution >= 4 is 5.78 Å². The lowest BCUT2D eigenvalue weighted by Crippen LogP contribution is -2.08. The van der Waals surface area contributed by atoms with Gasteiger partial charge in [-0.05, 0) is 23.3 Å². The van der Waals surface area contributed by atoms with E-state index in [1.54, 1.807) is 18.2 Å². The van der Waals surface area contributed by atoms with Gasteiger partial charge in [-0.2, -0.15) is 0 Å². The molecule has 0 heterocycles. The Bertz CT molecular complexity index is 1090. The van der Waals surface area contributed by atoms with E-state index >= 15 is 0 Å². The maximum absolute atomic E-state index is 13.2. The van der Waals surface area contributed by atoms with Crippen molar-refractivity contribution in [1.82, 2.24) is 0 Å². The summed E-state index contributed by atoms with van der Waals surface area (Å²) in [6.07, 6.45) is 0. The van der Waals surface area contributed by atoms with E-state index in [0.717, 1.165) is 11.1 Å². The van der Waals surface area contributed by atoms with Crippen LogP contribution >= 0.6 is 0 Å². The van der Waals surface area contributed by atoms with E-state index in [0.29, 0.717) is 35.8 Å². The van der Waals surface area contributed by atoms with E-state index in [1.165, 1.54) is 0 Å². The van der Waals surface area contributed by atoms with Crippen LogP contribution in [-0.2, 0) is 13.2 Å². The molecular formula is C27H22O3. The van der Waals surface area contributed by atoms with Crippen molar-refractivity contribution in [2.24, 2.45) is 0 Å². The molecule has 30 heavy (non-hydrogen) atoms. The van der Waals surface area contributed by atoms with Gasteiger partial charge in [-0.3, -0.25) is 4.79 Å². The van der Waals surface area contributed by atoms with E-state index < -0.39 is 0 Å². The molecule has 0 atom stereocenters. The highest BCUT2D eigenvalue weighted by Crippen LogP contribution is 2.34. The van der Waals surface area contributed by atoms with Crippen LogP contribution in [0.25, 0.3) is 0 Å². The number of para-hydroxylation sites is 1. The zero-order chi connectivity index (χ0) is 20.6. The van der Waals surface area contributed by atoms with Crippen molar-refractivity contribution in [1.29, 1.82) is 0 Å². The lowest BCUT2D eigenvalue weighted by molar-refractivity contribution is 0.103. The van der Waals surface area contributed by atoms with Crippen molar-refractivity contribution in [3.63, 3.8) is 0 Å². The van der Waals surface area contributed by atoms with Crippen LogP contribution in [0.5, 0.6) is 11.5 Å². The molecule has 0 amide bonds. The Balaban J connectivity index is 1.65. The van der Waals surface area contributed by atoms with E-state index in [1.807, 2.05) is 91.0 Å². The number of hydrogen-bond acceptors (Lipinski definition) is 3. The molecular weight excluding hydrogens is 372 g/mol. The molecule has 3 heteroatoms. The summed E-state index contributed by atoms with van der Waals surface area (Å²) < 4.78 is 12.2. The van der Waals surface area contributed by atoms with Gasteiger partial charge in [-0.1, -0.05) is 97.1 Å². The summed E-state index contributed by atoms with van der Waals surface area (Å²) in [5.74, 6) is 0.923. The minimum atomic E-state index is -0.0937. The standard InChI is InChI=1S/C27H22O3/c28-26(23-15-8-3-9-16-23)24-17-10-18-25(29-19-21-11-4-1-5-12-21)27(24)30-20-22-13-6-2-7-14-22/h1-18H,19-20H2. The fourth-order valence-corrected chi connectivity index (χ4v) is 3.17. The maximum atomic E-state index is 13.2. The van der Waals surface area contributed by atoms with Crippen molar-refractivity contribution in [3.05, 3.63) is 131 Å². The highest BCUT2D eigenvalue weighted by atomic mass is 16.5. The predicted molar refractivity (Wildman–Crippen MR) is 118 cm³/mol. The summed E-state index contributed by atoms with van der Waals surface area (Å²) in [6, 6.07) is 34.5. The Kier molecular flexibility index (Phi) is 6.21. The van der Waals surface area contributed by atoms with E-state index in [-0.39, 0.29) is 5.78 Å². The summed E-state index contributed by atoms with van der Waals surface area (Å²) in [4.78, 5) is 13.2. The lowest BCUT2D eigenvalue weighted by Gasteiger charge is -2.16. The molecule has 3 nitrogen and oxygen atoms in total. The molecule has 0 aliphatic carbocycles. The maximum Gasteiger partial charge on any atom is 0.196 e. The second kappa shape index (κ2) is 9.57. The zero-order valence-corrected chi connectivity index (χ0v) is 16.5. The van der Waals surface area contributed by atoms with Crippen LogP contribution in [0.15, 0.2) is 109 Å². The molecule has 0 radical (unpaired) electrons. The fourth-order valence-electron chi connectivity index (χ4n) is 3.17. The molecule has 0 aliphatic rings. The van der Waals surface area contributed by atoms with Gasteiger partial charge < -0.3 is 9.47 Å². The molecule has 0 saturated heterocycles. The third kappa shape index (κ3) is 4.76. The van der Waals surface area contributed by atoms with Gasteiger partial charge in [0.15, 0.2) is 17.3 Å². The highest BCUT2D eigenvalue weighted by Gasteiger charge is 2.19. The van der Waals surface area contributed by atoms with Crippen LogP contribution < -0.4 is 9.47 Å². The fraction of sp³-hybridized carbons (Fsp3) is 0.0741. The molecule has 0 N–H and O–H groups in total. The molecule has 0 fully saturated rings. The number of carbonyl (C=O) groups is 1. The average molecular weight is 394 g/mol. The van der Waals surface area contributed by atoms with Crippen molar-refractivity contribution < 1.29 is 14.3 Å². The summed E-state index contributed by atoms with van der Waals surface area (Å²) in [5, 5.41) is 0. The normalized spacial score (nSPS) is 10.4. The second-order valence-corrected chi connectivity index (χ2v) is 6.88. The lowest BCUT2D eigenvalue weighted by atomic mass is 10.0. The van der Waals surface area contributed by atoms with Crippen LogP contribution in [0.2, 0.25) is 0 Å². The van der Waals surface area contributed by atoms with Crippen LogP contribution in [0, 0.1) is 0 Å². The van der Waals surface area contributed by atoms with Gasteiger partial charge in [-0.15, -0.1) is 0 Å². The first-order valence-electron chi connectivity index (χ1n) is 9.87. The van der Waals surface area contributed by atoms with Crippen LogP contribution in [0.4, 0.5) is 0 Å². The van der Waals surface area contributed by atoms with E-state index in [9.17, 15) is 4.79 Å². The van der Waals surface area contributed by atoms with Crippen molar-refractivity contribution in [2.45, 2.75) is 13.2 Å². The first-order chi connectivity index (χ1) is 14.8. The minimum Gasteiger partial charge on any atom is -0.485 e. The molecule has 4 aromatic rings. The quantitative estimate of drug-likeness (QED) is 0.340. The molecule has 0 bridgehead atoms. The molecule has 0 aliphatic heterocycles. The third-order valence-electron chi connectivity index (χ3n) is 4.72. The third-order valence-corrected chi connectivity index (χ3v) is 4.72. The van der Waals surface area contributed by atoms with Gasteiger partial charge in [-0.25, -0.2) is 0 Å². The molecule has 148 valence electrons. The van der Waals surface area contributed by atoms with E-state index in [4.69, 9.17) is 9.47 Å². The molecule has 0 spiro atoms. The Morgan fingerprint density at radius 2 is 1.10 bits per heavy atom. The summed E-state index contributed by atoms with van der Waals surface area (Å²) in [6.45, 7) is 0.743. The number of rotatable bonds is 8. The highest BCUT2D eigenvalue weighted by molar-refractivity contribution is 6.11. The molecule has 4 rings (SSSR count). The van der Waals surface area contributed by atoms with Crippen LogP contribution in [0.1, 0.15) is 27.0 Å². The van der Waals surface area contributed by atoms with E-state index in [2.05, 4.69) is 0 Å². The first-order valence-corrected chi connectivity index (χ1v) is 9.87. The van der Waals surface area contributed by atoms with Crippen LogP contribution in [-0.4, -0.2) is 5.78 Å². The average Bonchev–Trinajstić information content (AvgIpc) is 2.83. The largest absolute Gasteiger partial charge is 0.485 e. The molecule has 0 saturated carbocycles. The Morgan fingerprint density at radius 3 is 1.70 bits per heavy atom. The second-order valence-electron chi connectivity index (χ2n) is 6.88. The van der Waals surface area contributed by atoms with Crippen molar-refractivity contribution in [3.8, 4) is 11.5 Å². The number of ketones is 1. The number of carbonyl (C=O) groups excluding carboxylic acids is 1. The molecule has 0 aromatic heterocycles. The van der Waals surface area contributed by atoms with Crippen molar-refractivity contribution in [2.75, 3.05) is 0 Å². The SMILES string of the molecule is O=C(c1ccccc1)c1cccc(OCc2ccccc2)c1OCc1ccccc1. The molecule has 0 unspecified atom stereocenters. The Morgan fingerprint density at radius 1 is 0.567 bits per heavy atom. The minimum absolute atomic E-state index is 0.0937. The van der Waals surface area contributed by atoms with Gasteiger partial charge in [0.1, 0.15) is 13.2 Å². The van der Waals surface area contributed by atoms with Gasteiger partial charge in [0.05, 0.1) is 5.56 Å².